The maximum atomic E-state index is 14.1. The Hall–Kier alpha value is -3.62. The molecule has 5 rings (SSSR count). The Morgan fingerprint density at radius 1 is 1.10 bits per heavy atom. The summed E-state index contributed by atoms with van der Waals surface area (Å²) < 4.78 is 13.6. The number of hydrogen-bond acceptors (Lipinski definition) is 7. The molecule has 0 saturated carbocycles. The molecular formula is C31H30N2O4S2. The number of thioether (sulfide) groups is 1. The van der Waals surface area contributed by atoms with Gasteiger partial charge in [-0.1, -0.05) is 67.1 Å². The fraction of sp³-hybridized carbons (Fsp3) is 0.258. The van der Waals surface area contributed by atoms with Crippen molar-refractivity contribution in [3.05, 3.63) is 103 Å². The monoisotopic (exact) mass is 558 g/mol. The number of esters is 1. The van der Waals surface area contributed by atoms with Crippen molar-refractivity contribution in [2.24, 2.45) is 4.99 Å². The molecule has 0 N–H and O–H groups in total. The molecule has 6 nitrogen and oxygen atoms in total. The highest BCUT2D eigenvalue weighted by Gasteiger charge is 2.37. The van der Waals surface area contributed by atoms with E-state index in [0.29, 0.717) is 32.8 Å². The summed E-state index contributed by atoms with van der Waals surface area (Å²) in [6.45, 7) is 4.05. The van der Waals surface area contributed by atoms with E-state index in [1.165, 1.54) is 11.3 Å². The van der Waals surface area contributed by atoms with Gasteiger partial charge < -0.3 is 9.47 Å². The molecular weight excluding hydrogens is 528 g/mol. The Kier molecular flexibility index (Phi) is 8.04. The normalized spacial score (nSPS) is 15.3. The highest BCUT2D eigenvalue weighted by molar-refractivity contribution is 7.98. The molecule has 8 heteroatoms. The Morgan fingerprint density at radius 2 is 1.87 bits per heavy atom. The van der Waals surface area contributed by atoms with Crippen LogP contribution >= 0.6 is 23.1 Å². The number of rotatable bonds is 8. The molecule has 1 atom stereocenters. The predicted octanol–water partition coefficient (Wildman–Crippen LogP) is 5.46. The van der Waals surface area contributed by atoms with Gasteiger partial charge in [0.05, 0.1) is 29.5 Å². The number of nitrogens with zero attached hydrogens (tertiary/aromatic N) is 2. The number of allylic oxidation sites excluding steroid dienone is 1. The van der Waals surface area contributed by atoms with E-state index in [2.05, 4.69) is 0 Å². The predicted molar refractivity (Wildman–Crippen MR) is 158 cm³/mol. The largest absolute Gasteiger partial charge is 0.496 e. The van der Waals surface area contributed by atoms with Crippen LogP contribution in [-0.2, 0) is 9.53 Å². The van der Waals surface area contributed by atoms with Crippen molar-refractivity contribution in [2.75, 3.05) is 20.0 Å². The maximum absolute atomic E-state index is 14.1. The molecule has 1 aromatic heterocycles. The average molecular weight is 559 g/mol. The molecule has 0 bridgehead atoms. The van der Waals surface area contributed by atoms with Gasteiger partial charge in [0.2, 0.25) is 0 Å². The van der Waals surface area contributed by atoms with Crippen LogP contribution in [0.3, 0.4) is 0 Å². The fourth-order valence-corrected chi connectivity index (χ4v) is 6.41. The quantitative estimate of drug-likeness (QED) is 0.212. The second-order valence-electron chi connectivity index (χ2n) is 9.09. The number of fused-ring (bicyclic) bond motifs is 2. The number of benzene rings is 3. The molecule has 1 unspecified atom stereocenters. The number of methoxy groups -OCH3 is 1. The molecule has 2 heterocycles. The van der Waals surface area contributed by atoms with Crippen LogP contribution in [0.15, 0.2) is 86.6 Å². The first-order valence-electron chi connectivity index (χ1n) is 12.9. The van der Waals surface area contributed by atoms with Crippen LogP contribution in [0.5, 0.6) is 5.75 Å². The van der Waals surface area contributed by atoms with Gasteiger partial charge in [-0.2, -0.15) is 0 Å². The van der Waals surface area contributed by atoms with Crippen LogP contribution in [0.2, 0.25) is 0 Å². The number of ether oxygens (including phenoxy) is 2. The van der Waals surface area contributed by atoms with E-state index >= 15 is 0 Å². The topological polar surface area (TPSA) is 69.9 Å². The summed E-state index contributed by atoms with van der Waals surface area (Å²) in [4.78, 5) is 34.3. The van der Waals surface area contributed by atoms with Gasteiger partial charge in [-0.3, -0.25) is 9.36 Å². The second-order valence-corrected chi connectivity index (χ2v) is 11.0. The van der Waals surface area contributed by atoms with Crippen LogP contribution < -0.4 is 19.6 Å². The third kappa shape index (κ3) is 5.06. The van der Waals surface area contributed by atoms with Gasteiger partial charge in [0.25, 0.3) is 5.56 Å². The van der Waals surface area contributed by atoms with Gasteiger partial charge in [-0.25, -0.2) is 9.79 Å². The van der Waals surface area contributed by atoms with E-state index in [0.717, 1.165) is 33.2 Å². The second kappa shape index (κ2) is 11.6. The lowest BCUT2D eigenvalue weighted by molar-refractivity contribution is -0.139. The first kappa shape index (κ1) is 27.0. The summed E-state index contributed by atoms with van der Waals surface area (Å²) in [5, 5.41) is 1.89. The van der Waals surface area contributed by atoms with Crippen LogP contribution in [0.1, 0.15) is 43.9 Å². The number of carbonyl (C=O) groups excluding carboxylic acids is 1. The Morgan fingerprint density at radius 3 is 2.56 bits per heavy atom. The van der Waals surface area contributed by atoms with Crippen LogP contribution in [0, 0.1) is 0 Å². The lowest BCUT2D eigenvalue weighted by atomic mass is 9.90. The molecule has 39 heavy (non-hydrogen) atoms. The van der Waals surface area contributed by atoms with Gasteiger partial charge in [0, 0.05) is 10.5 Å². The van der Waals surface area contributed by atoms with E-state index < -0.39 is 12.0 Å². The fourth-order valence-electron chi connectivity index (χ4n) is 4.98. The van der Waals surface area contributed by atoms with Gasteiger partial charge >= 0.3 is 5.97 Å². The minimum Gasteiger partial charge on any atom is -0.496 e. The molecule has 1 aliphatic heterocycles. The minimum absolute atomic E-state index is 0.204. The van der Waals surface area contributed by atoms with Gasteiger partial charge in [-0.05, 0) is 60.2 Å². The summed E-state index contributed by atoms with van der Waals surface area (Å²) in [6, 6.07) is 19.1. The summed E-state index contributed by atoms with van der Waals surface area (Å²) in [5.41, 5.74) is 2.50. The Labute approximate surface area is 235 Å². The van der Waals surface area contributed by atoms with Crippen LogP contribution in [0.25, 0.3) is 16.8 Å². The highest BCUT2D eigenvalue weighted by Crippen LogP contribution is 2.41. The first-order valence-corrected chi connectivity index (χ1v) is 15.0. The third-order valence-electron chi connectivity index (χ3n) is 6.73. The van der Waals surface area contributed by atoms with E-state index in [9.17, 15) is 9.59 Å². The summed E-state index contributed by atoms with van der Waals surface area (Å²) >= 11 is 3.01. The smallest absolute Gasteiger partial charge is 0.338 e. The van der Waals surface area contributed by atoms with Gasteiger partial charge in [0.1, 0.15) is 11.8 Å². The van der Waals surface area contributed by atoms with Crippen molar-refractivity contribution in [3.8, 4) is 5.75 Å². The van der Waals surface area contributed by atoms with Crippen LogP contribution in [-0.4, -0.2) is 30.5 Å². The molecule has 3 aromatic carbocycles. The lowest BCUT2D eigenvalue weighted by Crippen LogP contribution is -2.40. The zero-order valence-electron chi connectivity index (χ0n) is 22.4. The van der Waals surface area contributed by atoms with Crippen LogP contribution in [0.4, 0.5) is 0 Å². The zero-order chi connectivity index (χ0) is 27.5. The standard InChI is InChI=1S/C31H30N2O4S2/c1-5-9-23-27(30(35)37-6-2)28(26-22-11-8-7-10-20(22)14-17-24(26)36-3)33-29(34)25(39-31(33)32-23)18-19-12-15-21(38-4)16-13-19/h7-8,10-18,28H,5-6,9H2,1-4H3. The van der Waals surface area contributed by atoms with E-state index in [4.69, 9.17) is 14.5 Å². The summed E-state index contributed by atoms with van der Waals surface area (Å²) in [7, 11) is 1.61. The zero-order valence-corrected chi connectivity index (χ0v) is 24.0. The van der Waals surface area contributed by atoms with Crippen molar-refractivity contribution in [1.82, 2.24) is 4.57 Å². The average Bonchev–Trinajstić information content (AvgIpc) is 3.26. The maximum Gasteiger partial charge on any atom is 0.338 e. The van der Waals surface area contributed by atoms with Gasteiger partial charge in [0.15, 0.2) is 4.80 Å². The van der Waals surface area contributed by atoms with Crippen molar-refractivity contribution in [2.45, 2.75) is 37.6 Å². The summed E-state index contributed by atoms with van der Waals surface area (Å²) in [5.74, 6) is 0.132. The highest BCUT2D eigenvalue weighted by atomic mass is 32.2. The Balaban J connectivity index is 1.85. The van der Waals surface area contributed by atoms with Crippen molar-refractivity contribution in [3.63, 3.8) is 0 Å². The minimum atomic E-state index is -0.746. The molecule has 200 valence electrons. The molecule has 4 aromatic rings. The molecule has 0 aliphatic carbocycles. The van der Waals surface area contributed by atoms with E-state index in [1.54, 1.807) is 30.4 Å². The van der Waals surface area contributed by atoms with E-state index in [1.807, 2.05) is 79.9 Å². The van der Waals surface area contributed by atoms with Crippen molar-refractivity contribution in [1.29, 1.82) is 0 Å². The lowest BCUT2D eigenvalue weighted by Gasteiger charge is -2.28. The molecule has 1 aliphatic rings. The first-order chi connectivity index (χ1) is 19.0. The molecule has 0 fully saturated rings. The van der Waals surface area contributed by atoms with Crippen molar-refractivity contribution >= 4 is 45.9 Å². The molecule has 0 spiro atoms. The number of aromatic nitrogens is 1. The van der Waals surface area contributed by atoms with Gasteiger partial charge in [-0.15, -0.1) is 11.8 Å². The molecule has 0 radical (unpaired) electrons. The number of thiazole rings is 1. The SMILES string of the molecule is CCCC1=C(C(=O)OCC)C(c2c(OC)ccc3ccccc23)n2c(sc(=Cc3ccc(SC)cc3)c2=O)=N1. The molecule has 0 saturated heterocycles. The molecule has 0 amide bonds. The number of hydrogen-bond donors (Lipinski definition) is 0. The third-order valence-corrected chi connectivity index (χ3v) is 8.46. The Bertz CT molecular complexity index is 1750. The summed E-state index contributed by atoms with van der Waals surface area (Å²) in [6.07, 6.45) is 5.29. The van der Waals surface area contributed by atoms with Crippen molar-refractivity contribution < 1.29 is 14.3 Å². The number of carbonyl (C=O) groups is 1. The van der Waals surface area contributed by atoms with E-state index in [-0.39, 0.29) is 12.2 Å².